The molecule has 0 saturated heterocycles. The lowest BCUT2D eigenvalue weighted by atomic mass is 10.1. The number of carbonyl (C=O) groups excluding carboxylic acids is 1. The molecule has 0 aliphatic carbocycles. The number of carbonyl (C=O) groups is 1. The smallest absolute Gasteiger partial charge is 0.330 e. The molecule has 0 radical (unpaired) electrons. The van der Waals surface area contributed by atoms with Gasteiger partial charge >= 0.3 is 5.97 Å². The van der Waals surface area contributed by atoms with Gasteiger partial charge in [0.2, 0.25) is 0 Å². The summed E-state index contributed by atoms with van der Waals surface area (Å²) in [5.41, 5.74) is 1.09. The number of hydrogen-bond acceptors (Lipinski definition) is 3. The van der Waals surface area contributed by atoms with Gasteiger partial charge < -0.3 is 9.47 Å². The Morgan fingerprint density at radius 3 is 2.65 bits per heavy atom. The van der Waals surface area contributed by atoms with Gasteiger partial charge in [0.25, 0.3) is 0 Å². The summed E-state index contributed by atoms with van der Waals surface area (Å²) in [6, 6.07) is 7.65. The van der Waals surface area contributed by atoms with Crippen LogP contribution in [0.3, 0.4) is 0 Å². The van der Waals surface area contributed by atoms with Crippen molar-refractivity contribution in [1.82, 2.24) is 0 Å². The van der Waals surface area contributed by atoms with Crippen molar-refractivity contribution in [3.8, 4) is 5.75 Å². The third-order valence-electron chi connectivity index (χ3n) is 2.07. The van der Waals surface area contributed by atoms with Crippen LogP contribution >= 0.6 is 0 Å². The van der Waals surface area contributed by atoms with Crippen molar-refractivity contribution in [2.24, 2.45) is 0 Å². The molecule has 1 aromatic carbocycles. The van der Waals surface area contributed by atoms with Crippen LogP contribution in [-0.2, 0) is 16.0 Å². The number of hydrogen-bond donors (Lipinski definition) is 0. The largest absolute Gasteiger partial charge is 0.465 e. The van der Waals surface area contributed by atoms with Gasteiger partial charge in [0, 0.05) is 12.5 Å². The quantitative estimate of drug-likeness (QED) is 0.430. The van der Waals surface area contributed by atoms with Crippen molar-refractivity contribution in [2.75, 3.05) is 6.61 Å². The standard InChI is InChI=1S/C14H16O3/c1-3-10-16-13-7-5-12(6-8-13)9-11-17-14(15)4-2/h3-8,10H,2,9,11H2,1H3/b10-3+. The third kappa shape index (κ3) is 5.02. The first kappa shape index (κ1) is 13.0. The second kappa shape index (κ2) is 7.28. The van der Waals surface area contributed by atoms with Gasteiger partial charge in [-0.15, -0.1) is 0 Å². The van der Waals surface area contributed by atoms with E-state index < -0.39 is 5.97 Å². The number of esters is 1. The third-order valence-corrected chi connectivity index (χ3v) is 2.07. The summed E-state index contributed by atoms with van der Waals surface area (Å²) in [6.45, 7) is 5.58. The van der Waals surface area contributed by atoms with Gasteiger partial charge in [-0.05, 0) is 24.6 Å². The summed E-state index contributed by atoms with van der Waals surface area (Å²) in [5.74, 6) is 0.396. The van der Waals surface area contributed by atoms with E-state index in [4.69, 9.17) is 9.47 Å². The molecule has 0 spiro atoms. The lowest BCUT2D eigenvalue weighted by Gasteiger charge is -2.04. The number of rotatable bonds is 6. The predicted molar refractivity (Wildman–Crippen MR) is 66.7 cm³/mol. The highest BCUT2D eigenvalue weighted by molar-refractivity contribution is 5.81. The first-order valence-electron chi connectivity index (χ1n) is 5.42. The summed E-state index contributed by atoms with van der Waals surface area (Å²) < 4.78 is 10.2. The monoisotopic (exact) mass is 232 g/mol. The van der Waals surface area contributed by atoms with Crippen LogP contribution in [-0.4, -0.2) is 12.6 Å². The fraction of sp³-hybridized carbons (Fsp3) is 0.214. The minimum atomic E-state index is -0.391. The molecule has 0 heterocycles. The van der Waals surface area contributed by atoms with E-state index in [1.165, 1.54) is 0 Å². The molecule has 0 N–H and O–H groups in total. The van der Waals surface area contributed by atoms with Crippen LogP contribution in [0, 0.1) is 0 Å². The van der Waals surface area contributed by atoms with Crippen LogP contribution in [0.15, 0.2) is 49.3 Å². The predicted octanol–water partition coefficient (Wildman–Crippen LogP) is 2.87. The molecule has 1 rings (SSSR count). The van der Waals surface area contributed by atoms with Crippen molar-refractivity contribution in [3.05, 3.63) is 54.8 Å². The molecule has 0 aliphatic heterocycles. The van der Waals surface area contributed by atoms with Gasteiger partial charge in [0.05, 0.1) is 12.9 Å². The average molecular weight is 232 g/mol. The lowest BCUT2D eigenvalue weighted by molar-refractivity contribution is -0.137. The molecule has 3 heteroatoms. The minimum Gasteiger partial charge on any atom is -0.465 e. The summed E-state index contributed by atoms with van der Waals surface area (Å²) >= 11 is 0. The molecule has 1 aromatic rings. The Morgan fingerprint density at radius 2 is 2.06 bits per heavy atom. The summed E-state index contributed by atoms with van der Waals surface area (Å²) in [7, 11) is 0. The van der Waals surface area contributed by atoms with Crippen molar-refractivity contribution in [1.29, 1.82) is 0 Å². The summed E-state index contributed by atoms with van der Waals surface area (Å²) in [5, 5.41) is 0. The Hall–Kier alpha value is -2.03. The maximum atomic E-state index is 10.8. The SMILES string of the molecule is C=CC(=O)OCCc1ccc(O/C=C/C)cc1. The van der Waals surface area contributed by atoms with E-state index in [0.717, 1.165) is 17.4 Å². The van der Waals surface area contributed by atoms with Gasteiger partial charge in [-0.25, -0.2) is 4.79 Å². The highest BCUT2D eigenvalue weighted by Crippen LogP contribution is 2.12. The van der Waals surface area contributed by atoms with Crippen molar-refractivity contribution >= 4 is 5.97 Å². The number of ether oxygens (including phenoxy) is 2. The van der Waals surface area contributed by atoms with Gasteiger partial charge in [-0.2, -0.15) is 0 Å². The van der Waals surface area contributed by atoms with E-state index in [1.54, 1.807) is 6.26 Å². The molecule has 3 nitrogen and oxygen atoms in total. The van der Waals surface area contributed by atoms with E-state index in [2.05, 4.69) is 6.58 Å². The molecule has 0 fully saturated rings. The zero-order valence-electron chi connectivity index (χ0n) is 9.89. The van der Waals surface area contributed by atoms with Gasteiger partial charge in [0.1, 0.15) is 5.75 Å². The van der Waals surface area contributed by atoms with E-state index >= 15 is 0 Å². The van der Waals surface area contributed by atoms with Gasteiger partial charge in [-0.1, -0.05) is 24.8 Å². The molecule has 0 atom stereocenters. The minimum absolute atomic E-state index is 0.361. The summed E-state index contributed by atoms with van der Waals surface area (Å²) in [6.07, 6.45) is 5.29. The van der Waals surface area contributed by atoms with Crippen molar-refractivity contribution in [3.63, 3.8) is 0 Å². The zero-order chi connectivity index (χ0) is 12.5. The normalized spacial score (nSPS) is 10.2. The average Bonchev–Trinajstić information content (AvgIpc) is 2.37. The Bertz CT molecular complexity index is 390. The van der Waals surface area contributed by atoms with Crippen LogP contribution < -0.4 is 4.74 Å². The maximum absolute atomic E-state index is 10.8. The molecule has 90 valence electrons. The highest BCUT2D eigenvalue weighted by atomic mass is 16.5. The first-order chi connectivity index (χ1) is 8.26. The van der Waals surface area contributed by atoms with E-state index in [-0.39, 0.29) is 0 Å². The van der Waals surface area contributed by atoms with E-state index in [0.29, 0.717) is 13.0 Å². The second-order valence-electron chi connectivity index (χ2n) is 3.35. The lowest BCUT2D eigenvalue weighted by Crippen LogP contribution is -2.04. The molecule has 0 amide bonds. The Balaban J connectivity index is 2.40. The van der Waals surface area contributed by atoms with Gasteiger partial charge in [-0.3, -0.25) is 0 Å². The van der Waals surface area contributed by atoms with Gasteiger partial charge in [0.15, 0.2) is 0 Å². The first-order valence-corrected chi connectivity index (χ1v) is 5.42. The topological polar surface area (TPSA) is 35.5 Å². The number of allylic oxidation sites excluding steroid dienone is 1. The molecule has 0 aliphatic rings. The van der Waals surface area contributed by atoms with Crippen LogP contribution in [0.5, 0.6) is 5.75 Å². The highest BCUT2D eigenvalue weighted by Gasteiger charge is 1.98. The molecule has 0 unspecified atom stereocenters. The molecule has 0 bridgehead atoms. The summed E-state index contributed by atoms with van der Waals surface area (Å²) in [4.78, 5) is 10.8. The van der Waals surface area contributed by atoms with E-state index in [9.17, 15) is 4.79 Å². The van der Waals surface area contributed by atoms with Crippen LogP contribution in [0.2, 0.25) is 0 Å². The van der Waals surface area contributed by atoms with E-state index in [1.807, 2.05) is 37.3 Å². The van der Waals surface area contributed by atoms with Crippen molar-refractivity contribution < 1.29 is 14.3 Å². The fourth-order valence-electron chi connectivity index (χ4n) is 1.21. The maximum Gasteiger partial charge on any atom is 0.330 e. The molecule has 0 saturated carbocycles. The van der Waals surface area contributed by atoms with Crippen molar-refractivity contribution in [2.45, 2.75) is 13.3 Å². The van der Waals surface area contributed by atoms with Crippen LogP contribution in [0.4, 0.5) is 0 Å². The molecule has 0 aromatic heterocycles. The number of benzene rings is 1. The molecule has 17 heavy (non-hydrogen) atoms. The molecular formula is C14H16O3. The molecular weight excluding hydrogens is 216 g/mol. The second-order valence-corrected chi connectivity index (χ2v) is 3.35. The van der Waals surface area contributed by atoms with Crippen LogP contribution in [0.25, 0.3) is 0 Å². The van der Waals surface area contributed by atoms with Crippen LogP contribution in [0.1, 0.15) is 12.5 Å². The fourth-order valence-corrected chi connectivity index (χ4v) is 1.21. The Kier molecular flexibility index (Phi) is 5.58. The zero-order valence-corrected chi connectivity index (χ0v) is 9.89. The Morgan fingerprint density at radius 1 is 1.35 bits per heavy atom. The Labute approximate surface area is 101 Å².